The summed E-state index contributed by atoms with van der Waals surface area (Å²) in [5.41, 5.74) is 2.43. The number of aryl methyl sites for hydroxylation is 3. The molecule has 1 unspecified atom stereocenters. The number of alkyl halides is 1. The third kappa shape index (κ3) is 2.90. The number of rotatable bonds is 4. The van der Waals surface area contributed by atoms with Crippen LogP contribution in [0.3, 0.4) is 0 Å². The van der Waals surface area contributed by atoms with Gasteiger partial charge in [-0.05, 0) is 25.5 Å². The number of aromatic nitrogens is 3. The highest BCUT2D eigenvalue weighted by Crippen LogP contribution is 2.31. The van der Waals surface area contributed by atoms with Crippen molar-refractivity contribution in [3.63, 3.8) is 0 Å². The van der Waals surface area contributed by atoms with E-state index >= 15 is 0 Å². The molecule has 0 aliphatic heterocycles. The molecule has 2 aromatic rings. The molecule has 5 nitrogen and oxygen atoms in total. The first kappa shape index (κ1) is 15.4. The number of pyridine rings is 1. The second-order valence-electron chi connectivity index (χ2n) is 4.69. The van der Waals surface area contributed by atoms with Crippen LogP contribution in [-0.4, -0.2) is 27.4 Å². The predicted molar refractivity (Wildman–Crippen MR) is 77.5 cm³/mol. The lowest BCUT2D eigenvalue weighted by molar-refractivity contribution is 0.0748. The van der Waals surface area contributed by atoms with Crippen LogP contribution in [-0.2, 0) is 7.05 Å². The van der Waals surface area contributed by atoms with Crippen LogP contribution in [0.5, 0.6) is 5.88 Å². The van der Waals surface area contributed by atoms with Crippen LogP contribution in [0, 0.1) is 13.8 Å². The number of aldehydes is 1. The monoisotopic (exact) mass is 311 g/mol. The van der Waals surface area contributed by atoms with Crippen LogP contribution >= 0.6 is 11.6 Å². The molecule has 0 bridgehead atoms. The normalized spacial score (nSPS) is 12.3. The molecule has 0 aromatic carbocycles. The van der Waals surface area contributed by atoms with Crippen molar-refractivity contribution in [2.24, 2.45) is 7.05 Å². The van der Waals surface area contributed by atoms with Gasteiger partial charge in [0.1, 0.15) is 11.3 Å². The molecule has 2 rings (SSSR count). The summed E-state index contributed by atoms with van der Waals surface area (Å²) >= 11 is 6.02. The van der Waals surface area contributed by atoms with Gasteiger partial charge in [0.15, 0.2) is 6.29 Å². The maximum absolute atomic E-state index is 13.1. The Balaban J connectivity index is 2.65. The summed E-state index contributed by atoms with van der Waals surface area (Å²) in [6.07, 6.45) is -0.960. The standard InChI is InChI=1S/C14H15ClFN3O2/c1-7-5-11(15)8(2)17-12(7)13-10(6-20)14(19(4)18-13)21-9(3)16/h5-6,9H,1-4H3. The molecule has 0 N–H and O–H groups in total. The average molecular weight is 312 g/mol. The molecule has 2 aromatic heterocycles. The number of ether oxygens (including phenoxy) is 1. The van der Waals surface area contributed by atoms with E-state index in [1.165, 1.54) is 11.6 Å². The van der Waals surface area contributed by atoms with E-state index in [0.717, 1.165) is 5.56 Å². The molecular weight excluding hydrogens is 297 g/mol. The number of nitrogens with zero attached hydrogens (tertiary/aromatic N) is 3. The van der Waals surface area contributed by atoms with Gasteiger partial charge in [-0.1, -0.05) is 11.6 Å². The van der Waals surface area contributed by atoms with Crippen molar-refractivity contribution in [1.29, 1.82) is 0 Å². The molecule has 0 spiro atoms. The number of hydrogen-bond donors (Lipinski definition) is 0. The first-order chi connectivity index (χ1) is 9.85. The third-order valence-electron chi connectivity index (χ3n) is 2.99. The van der Waals surface area contributed by atoms with Crippen molar-refractivity contribution < 1.29 is 13.9 Å². The summed E-state index contributed by atoms with van der Waals surface area (Å²) in [6, 6.07) is 1.75. The first-order valence-electron chi connectivity index (χ1n) is 6.32. The van der Waals surface area contributed by atoms with Gasteiger partial charge in [-0.15, -0.1) is 0 Å². The second-order valence-corrected chi connectivity index (χ2v) is 5.10. The molecule has 7 heteroatoms. The highest BCUT2D eigenvalue weighted by atomic mass is 35.5. The quantitative estimate of drug-likeness (QED) is 0.813. The van der Waals surface area contributed by atoms with Crippen LogP contribution in [0.1, 0.15) is 28.5 Å². The minimum atomic E-state index is -1.55. The van der Waals surface area contributed by atoms with Crippen molar-refractivity contribution in [2.45, 2.75) is 27.1 Å². The second kappa shape index (κ2) is 5.81. The summed E-state index contributed by atoms with van der Waals surface area (Å²) in [5.74, 6) is 0.0730. The van der Waals surface area contributed by atoms with E-state index in [1.54, 1.807) is 20.0 Å². The van der Waals surface area contributed by atoms with Crippen molar-refractivity contribution in [3.8, 4) is 17.3 Å². The SMILES string of the molecule is Cc1cc(Cl)c(C)nc1-c1nn(C)c(OC(C)F)c1C=O. The number of carbonyl (C=O) groups excluding carboxylic acids is 1. The predicted octanol–water partition coefficient (Wildman–Crippen LogP) is 3.26. The Morgan fingerprint density at radius 2 is 2.10 bits per heavy atom. The zero-order chi connectivity index (χ0) is 15.7. The van der Waals surface area contributed by atoms with E-state index in [1.807, 2.05) is 6.92 Å². The summed E-state index contributed by atoms with van der Waals surface area (Å²) in [4.78, 5) is 15.7. The summed E-state index contributed by atoms with van der Waals surface area (Å²) < 4.78 is 19.4. The van der Waals surface area contributed by atoms with Crippen LogP contribution in [0.15, 0.2) is 6.07 Å². The van der Waals surface area contributed by atoms with E-state index in [-0.39, 0.29) is 11.4 Å². The molecular formula is C14H15ClFN3O2. The van der Waals surface area contributed by atoms with Gasteiger partial charge in [0.25, 0.3) is 0 Å². The fraction of sp³-hybridized carbons (Fsp3) is 0.357. The molecule has 2 heterocycles. The van der Waals surface area contributed by atoms with E-state index in [4.69, 9.17) is 16.3 Å². The Morgan fingerprint density at radius 3 is 2.67 bits per heavy atom. The molecule has 0 aliphatic carbocycles. The Bertz CT molecular complexity index is 698. The minimum absolute atomic E-state index is 0.0730. The molecule has 0 radical (unpaired) electrons. The number of carbonyl (C=O) groups is 1. The van der Waals surface area contributed by atoms with Gasteiger partial charge in [0.2, 0.25) is 12.2 Å². The largest absolute Gasteiger partial charge is 0.443 e. The van der Waals surface area contributed by atoms with Crippen LogP contribution in [0.25, 0.3) is 11.4 Å². The summed E-state index contributed by atoms with van der Waals surface area (Å²) in [6.45, 7) is 4.81. The first-order valence-corrected chi connectivity index (χ1v) is 6.70. The third-order valence-corrected chi connectivity index (χ3v) is 3.37. The maximum atomic E-state index is 13.1. The van der Waals surface area contributed by atoms with Gasteiger partial charge in [-0.25, -0.2) is 14.1 Å². The summed E-state index contributed by atoms with van der Waals surface area (Å²) in [7, 11) is 1.58. The number of hydrogen-bond acceptors (Lipinski definition) is 4. The smallest absolute Gasteiger partial charge is 0.237 e. The molecule has 1 atom stereocenters. The average Bonchev–Trinajstić information content (AvgIpc) is 2.70. The fourth-order valence-electron chi connectivity index (χ4n) is 2.01. The highest BCUT2D eigenvalue weighted by Gasteiger charge is 2.22. The summed E-state index contributed by atoms with van der Waals surface area (Å²) in [5, 5.41) is 4.76. The lowest BCUT2D eigenvalue weighted by Crippen LogP contribution is -2.08. The number of halogens is 2. The van der Waals surface area contributed by atoms with Gasteiger partial charge in [0, 0.05) is 14.0 Å². The van der Waals surface area contributed by atoms with Crippen LogP contribution < -0.4 is 4.74 Å². The van der Waals surface area contributed by atoms with Gasteiger partial charge in [-0.2, -0.15) is 5.10 Å². The Hall–Kier alpha value is -1.95. The molecule has 0 amide bonds. The molecule has 112 valence electrons. The van der Waals surface area contributed by atoms with Crippen LogP contribution in [0.4, 0.5) is 4.39 Å². The fourth-order valence-corrected chi connectivity index (χ4v) is 2.22. The van der Waals surface area contributed by atoms with Crippen LogP contribution in [0.2, 0.25) is 5.02 Å². The molecule has 0 saturated heterocycles. The molecule has 21 heavy (non-hydrogen) atoms. The Morgan fingerprint density at radius 1 is 1.43 bits per heavy atom. The molecule has 0 aliphatic rings. The highest BCUT2D eigenvalue weighted by molar-refractivity contribution is 6.31. The zero-order valence-electron chi connectivity index (χ0n) is 12.1. The van der Waals surface area contributed by atoms with Crippen molar-refractivity contribution >= 4 is 17.9 Å². The van der Waals surface area contributed by atoms with Gasteiger partial charge in [0.05, 0.1) is 16.4 Å². The molecule has 0 fully saturated rings. The van der Waals surface area contributed by atoms with E-state index in [0.29, 0.717) is 28.4 Å². The Kier molecular flexibility index (Phi) is 4.27. The Labute approximate surface area is 126 Å². The van der Waals surface area contributed by atoms with Gasteiger partial charge in [-0.3, -0.25) is 4.79 Å². The lowest BCUT2D eigenvalue weighted by atomic mass is 10.1. The molecule has 0 saturated carbocycles. The topological polar surface area (TPSA) is 57.0 Å². The van der Waals surface area contributed by atoms with Crippen molar-refractivity contribution in [3.05, 3.63) is 27.9 Å². The maximum Gasteiger partial charge on any atom is 0.237 e. The van der Waals surface area contributed by atoms with Crippen molar-refractivity contribution in [1.82, 2.24) is 14.8 Å². The lowest BCUT2D eigenvalue weighted by Gasteiger charge is -2.07. The minimum Gasteiger partial charge on any atom is -0.443 e. The van der Waals surface area contributed by atoms with Gasteiger partial charge < -0.3 is 4.74 Å². The van der Waals surface area contributed by atoms with Crippen molar-refractivity contribution in [2.75, 3.05) is 0 Å². The van der Waals surface area contributed by atoms with E-state index in [2.05, 4.69) is 10.1 Å². The zero-order valence-corrected chi connectivity index (χ0v) is 12.9. The van der Waals surface area contributed by atoms with E-state index < -0.39 is 6.36 Å². The van der Waals surface area contributed by atoms with Gasteiger partial charge >= 0.3 is 0 Å². The van der Waals surface area contributed by atoms with E-state index in [9.17, 15) is 9.18 Å².